The summed E-state index contributed by atoms with van der Waals surface area (Å²) in [5.74, 6) is -0.324. The molecule has 1 aliphatic rings. The van der Waals surface area contributed by atoms with Crippen molar-refractivity contribution in [2.45, 2.75) is 0 Å². The Morgan fingerprint density at radius 3 is 2.83 bits per heavy atom. The van der Waals surface area contributed by atoms with Crippen LogP contribution < -0.4 is 0 Å². The van der Waals surface area contributed by atoms with Crippen LogP contribution in [0.25, 0.3) is 0 Å². The number of rotatable bonds is 0. The second-order valence-corrected chi connectivity index (χ2v) is 0.897. The van der Waals surface area contributed by atoms with Crippen LogP contribution in [0.5, 0.6) is 0 Å². The van der Waals surface area contributed by atoms with Gasteiger partial charge in [0, 0.05) is 0 Å². The zero-order chi connectivity index (χ0) is 4.41. The maximum absolute atomic E-state index is 9.86. The molecule has 0 aliphatic carbocycles. The number of carbonyl (C=O) groups is 1. The first-order valence-electron chi connectivity index (χ1n) is 1.52. The Bertz CT molecular complexity index is 60.4. The second kappa shape index (κ2) is 1.26. The highest BCUT2D eigenvalue weighted by Crippen LogP contribution is 1.95. The van der Waals surface area contributed by atoms with Gasteiger partial charge in [0.05, 0.1) is 0 Å². The van der Waals surface area contributed by atoms with Crippen molar-refractivity contribution in [1.29, 1.82) is 0 Å². The first kappa shape index (κ1) is 3.61. The number of hydrogen-bond acceptors (Lipinski definition) is 3. The summed E-state index contributed by atoms with van der Waals surface area (Å²) in [7, 11) is 0. The Hall–Kier alpha value is -0.570. The average Bonchev–Trinajstić information content (AvgIpc) is 1.86. The smallest absolute Gasteiger partial charge is 0.299 e. The zero-order valence-corrected chi connectivity index (χ0v) is 3.01. The van der Waals surface area contributed by atoms with Crippen molar-refractivity contribution < 1.29 is 14.3 Å². The van der Waals surface area contributed by atoms with Crippen LogP contribution in [-0.4, -0.2) is 12.6 Å². The molecule has 0 aromatic heterocycles. The van der Waals surface area contributed by atoms with Crippen molar-refractivity contribution in [3.8, 4) is 0 Å². The Morgan fingerprint density at radius 1 is 1.83 bits per heavy atom. The van der Waals surface area contributed by atoms with E-state index in [0.717, 1.165) is 6.79 Å². The summed E-state index contributed by atoms with van der Waals surface area (Å²) < 4.78 is 8.53. The van der Waals surface area contributed by atoms with Gasteiger partial charge in [0.15, 0.2) is 0 Å². The Labute approximate surface area is 34.9 Å². The van der Waals surface area contributed by atoms with Gasteiger partial charge in [0.25, 0.3) is 5.97 Å². The first-order chi connectivity index (χ1) is 2.89. The van der Waals surface area contributed by atoms with E-state index in [1.807, 2.05) is 0 Å². The van der Waals surface area contributed by atoms with Crippen molar-refractivity contribution >= 4 is 5.97 Å². The van der Waals surface area contributed by atoms with Crippen LogP contribution in [0.2, 0.25) is 0 Å². The summed E-state index contributed by atoms with van der Waals surface area (Å²) in [6.45, 7) is 1.10. The Balaban J connectivity index is 2.37. The lowest BCUT2D eigenvalue weighted by Crippen LogP contribution is -1.94. The van der Waals surface area contributed by atoms with E-state index >= 15 is 0 Å². The molecular formula is C3H3O3-. The molecule has 0 radical (unpaired) electrons. The molecule has 0 amide bonds. The number of carbonyl (C=O) groups excluding carboxylic acids is 1. The molecule has 0 unspecified atom stereocenters. The number of hydrogen-bond donors (Lipinski definition) is 0. The van der Waals surface area contributed by atoms with Gasteiger partial charge >= 0.3 is 0 Å². The van der Waals surface area contributed by atoms with Gasteiger partial charge in [-0.25, -0.2) is 0 Å². The van der Waals surface area contributed by atoms with Crippen LogP contribution in [-0.2, 0) is 14.3 Å². The number of ether oxygens (including phenoxy) is 2. The van der Waals surface area contributed by atoms with Crippen LogP contribution in [0.1, 0.15) is 0 Å². The highest BCUT2D eigenvalue weighted by Gasteiger charge is 1.98. The molecule has 1 aliphatic heterocycles. The third kappa shape index (κ3) is 0.490. The molecule has 3 nitrogen and oxygen atoms in total. The maximum atomic E-state index is 9.86. The molecule has 3 heteroatoms. The molecule has 0 aromatic carbocycles. The van der Waals surface area contributed by atoms with E-state index in [1.54, 1.807) is 0 Å². The SMILES string of the molecule is O=C1CO[CH-]O1. The summed E-state index contributed by atoms with van der Waals surface area (Å²) in [6, 6.07) is 0. The maximum Gasteiger partial charge on any atom is 0.299 e. The fourth-order valence-electron chi connectivity index (χ4n) is 0.224. The van der Waals surface area contributed by atoms with E-state index < -0.39 is 0 Å². The van der Waals surface area contributed by atoms with Gasteiger partial charge < -0.3 is 9.47 Å². The van der Waals surface area contributed by atoms with Crippen LogP contribution in [0.3, 0.4) is 0 Å². The van der Waals surface area contributed by atoms with Crippen molar-refractivity contribution in [2.24, 2.45) is 0 Å². The van der Waals surface area contributed by atoms with Gasteiger partial charge in [-0.15, -0.1) is 0 Å². The average molecular weight is 87.1 g/mol. The van der Waals surface area contributed by atoms with Gasteiger partial charge in [0.1, 0.15) is 6.61 Å². The summed E-state index contributed by atoms with van der Waals surface area (Å²) >= 11 is 0. The molecule has 0 bridgehead atoms. The number of cyclic esters (lactones) is 1. The minimum absolute atomic E-state index is 0.0694. The predicted octanol–water partition coefficient (Wildman–Crippen LogP) is -0.321. The van der Waals surface area contributed by atoms with Crippen LogP contribution >= 0.6 is 0 Å². The molecule has 0 aromatic rings. The molecule has 1 fully saturated rings. The lowest BCUT2D eigenvalue weighted by atomic mass is 10.8. The van der Waals surface area contributed by atoms with E-state index in [1.165, 1.54) is 0 Å². The van der Waals surface area contributed by atoms with Gasteiger partial charge in [-0.3, -0.25) is 4.79 Å². The quantitative estimate of drug-likeness (QED) is 0.300. The predicted molar refractivity (Wildman–Crippen MR) is 16.3 cm³/mol. The lowest BCUT2D eigenvalue weighted by Gasteiger charge is -1.95. The van der Waals surface area contributed by atoms with Gasteiger partial charge in [0.2, 0.25) is 0 Å². The third-order valence-electron chi connectivity index (χ3n) is 0.449. The minimum Gasteiger partial charge on any atom is -0.608 e. The fraction of sp³-hybridized carbons (Fsp3) is 0.333. The second-order valence-electron chi connectivity index (χ2n) is 0.897. The zero-order valence-electron chi connectivity index (χ0n) is 3.01. The van der Waals surface area contributed by atoms with Crippen LogP contribution in [0, 0.1) is 6.79 Å². The summed E-state index contributed by atoms with van der Waals surface area (Å²) in [4.78, 5) is 9.86. The molecule has 0 N–H and O–H groups in total. The van der Waals surface area contributed by atoms with E-state index in [0.29, 0.717) is 0 Å². The largest absolute Gasteiger partial charge is 0.608 e. The standard InChI is InChI=1S/C3H3O3/c4-3-1-5-2-6-3/h2H,1H2/q-1. The van der Waals surface area contributed by atoms with Crippen molar-refractivity contribution in [1.82, 2.24) is 0 Å². The van der Waals surface area contributed by atoms with Crippen molar-refractivity contribution in [2.75, 3.05) is 6.61 Å². The first-order valence-corrected chi connectivity index (χ1v) is 1.52. The Morgan fingerprint density at radius 2 is 2.67 bits per heavy atom. The van der Waals surface area contributed by atoms with Gasteiger partial charge in [-0.05, 0) is 6.79 Å². The summed E-state index contributed by atoms with van der Waals surface area (Å²) in [5, 5.41) is 0. The third-order valence-corrected chi connectivity index (χ3v) is 0.449. The van der Waals surface area contributed by atoms with E-state index in [-0.39, 0.29) is 12.6 Å². The highest BCUT2D eigenvalue weighted by molar-refractivity contribution is 5.72. The molecule has 1 saturated heterocycles. The normalized spacial score (nSPS) is 21.0. The molecule has 34 valence electrons. The minimum atomic E-state index is -0.324. The lowest BCUT2D eigenvalue weighted by molar-refractivity contribution is -0.134. The van der Waals surface area contributed by atoms with Gasteiger partial charge in [-0.2, -0.15) is 0 Å². The van der Waals surface area contributed by atoms with Crippen LogP contribution in [0.15, 0.2) is 0 Å². The van der Waals surface area contributed by atoms with Gasteiger partial charge in [-0.1, -0.05) is 0 Å². The molecule has 0 spiro atoms. The van der Waals surface area contributed by atoms with E-state index in [4.69, 9.17) is 0 Å². The molecule has 1 rings (SSSR count). The summed E-state index contributed by atoms with van der Waals surface area (Å²) in [6.07, 6.45) is 0. The van der Waals surface area contributed by atoms with E-state index in [2.05, 4.69) is 9.47 Å². The van der Waals surface area contributed by atoms with Crippen molar-refractivity contribution in [3.05, 3.63) is 6.79 Å². The monoisotopic (exact) mass is 87.0 g/mol. The van der Waals surface area contributed by atoms with Crippen LogP contribution in [0.4, 0.5) is 0 Å². The topological polar surface area (TPSA) is 35.5 Å². The fourth-order valence-corrected chi connectivity index (χ4v) is 0.224. The highest BCUT2D eigenvalue weighted by atomic mass is 16.7. The van der Waals surface area contributed by atoms with E-state index in [9.17, 15) is 4.79 Å². The Kier molecular flexibility index (Phi) is 0.759. The summed E-state index contributed by atoms with van der Waals surface area (Å²) in [5.41, 5.74) is 0. The molecular weight excluding hydrogens is 84.0 g/mol. The molecule has 6 heavy (non-hydrogen) atoms. The molecule has 0 atom stereocenters. The number of esters is 1. The molecule has 0 saturated carbocycles. The molecule has 1 heterocycles. The van der Waals surface area contributed by atoms with Crippen molar-refractivity contribution in [3.63, 3.8) is 0 Å².